The topological polar surface area (TPSA) is 52.9 Å². The van der Waals surface area contributed by atoms with Crippen molar-refractivity contribution in [2.45, 2.75) is 39.1 Å². The Labute approximate surface area is 140 Å². The second-order valence-corrected chi connectivity index (χ2v) is 7.33. The molecule has 0 saturated carbocycles. The molecule has 8 heteroatoms. The van der Waals surface area contributed by atoms with E-state index in [1.807, 2.05) is 0 Å². The zero-order chi connectivity index (χ0) is 17.6. The summed E-state index contributed by atoms with van der Waals surface area (Å²) >= 11 is 3.22. The Bertz CT molecular complexity index is 650. The Morgan fingerprint density at radius 1 is 1.26 bits per heavy atom. The van der Waals surface area contributed by atoms with E-state index in [2.05, 4.69) is 21.0 Å². The lowest BCUT2D eigenvalue weighted by atomic mass is 9.80. The van der Waals surface area contributed by atoms with Crippen LogP contribution in [0, 0.1) is 5.41 Å². The van der Waals surface area contributed by atoms with Gasteiger partial charge in [0.1, 0.15) is 5.71 Å². The molecule has 0 aromatic heterocycles. The number of carbonyl (C=O) groups is 1. The number of rotatable bonds is 1. The normalized spacial score (nSPS) is 22.3. The number of carbonyl (C=O) groups excluding carboxylic acids is 1. The van der Waals surface area contributed by atoms with Crippen molar-refractivity contribution in [3.05, 3.63) is 34.3 Å². The van der Waals surface area contributed by atoms with Crippen LogP contribution >= 0.6 is 15.9 Å². The summed E-state index contributed by atoms with van der Waals surface area (Å²) in [5, 5.41) is 14.7. The smallest absolute Gasteiger partial charge is 0.368 e. The number of amides is 1. The van der Waals surface area contributed by atoms with Crippen molar-refractivity contribution >= 4 is 27.5 Å². The van der Waals surface area contributed by atoms with E-state index in [0.29, 0.717) is 5.01 Å². The van der Waals surface area contributed by atoms with E-state index < -0.39 is 35.4 Å². The summed E-state index contributed by atoms with van der Waals surface area (Å²) in [6.07, 6.45) is -5.46. The highest BCUT2D eigenvalue weighted by Gasteiger charge is 2.57. The van der Waals surface area contributed by atoms with Crippen LogP contribution in [-0.4, -0.2) is 33.6 Å². The van der Waals surface area contributed by atoms with Gasteiger partial charge >= 0.3 is 6.18 Å². The van der Waals surface area contributed by atoms with Crippen LogP contribution in [-0.2, 0) is 0 Å². The predicted molar refractivity (Wildman–Crippen MR) is 82.8 cm³/mol. The highest BCUT2D eigenvalue weighted by Crippen LogP contribution is 2.44. The van der Waals surface area contributed by atoms with Gasteiger partial charge in [0, 0.05) is 21.9 Å². The SMILES string of the molecule is CC(C)(C)C1(O)CC(C(F)(F)F)=NN1C(=O)c1ccc(Br)cc1. The van der Waals surface area contributed by atoms with Crippen LogP contribution in [0.15, 0.2) is 33.8 Å². The van der Waals surface area contributed by atoms with Gasteiger partial charge in [-0.2, -0.15) is 23.3 Å². The summed E-state index contributed by atoms with van der Waals surface area (Å²) in [6, 6.07) is 6.09. The van der Waals surface area contributed by atoms with Crippen molar-refractivity contribution in [1.82, 2.24) is 5.01 Å². The number of alkyl halides is 3. The molecule has 1 amide bonds. The molecule has 1 unspecified atom stereocenters. The van der Waals surface area contributed by atoms with Gasteiger partial charge in [0.2, 0.25) is 0 Å². The number of halogens is 4. The van der Waals surface area contributed by atoms with Crippen molar-refractivity contribution in [3.63, 3.8) is 0 Å². The van der Waals surface area contributed by atoms with Crippen molar-refractivity contribution in [2.24, 2.45) is 10.5 Å². The van der Waals surface area contributed by atoms with E-state index in [1.165, 1.54) is 12.1 Å². The third kappa shape index (κ3) is 3.28. The first-order chi connectivity index (χ1) is 10.4. The first kappa shape index (κ1) is 17.9. The van der Waals surface area contributed by atoms with E-state index in [4.69, 9.17) is 0 Å². The maximum Gasteiger partial charge on any atom is 0.431 e. The largest absolute Gasteiger partial charge is 0.431 e. The molecule has 1 aliphatic rings. The molecule has 0 fully saturated rings. The van der Waals surface area contributed by atoms with Crippen molar-refractivity contribution in [1.29, 1.82) is 0 Å². The molecule has 0 saturated heterocycles. The molecule has 1 aromatic rings. The maximum absolute atomic E-state index is 13.0. The van der Waals surface area contributed by atoms with Gasteiger partial charge in [0.15, 0.2) is 5.72 Å². The summed E-state index contributed by atoms with van der Waals surface area (Å²) in [4.78, 5) is 12.6. The Kier molecular flexibility index (Phi) is 4.36. The number of benzene rings is 1. The van der Waals surface area contributed by atoms with Gasteiger partial charge in [-0.1, -0.05) is 36.7 Å². The second-order valence-electron chi connectivity index (χ2n) is 6.41. The van der Waals surface area contributed by atoms with Crippen LogP contribution in [0.5, 0.6) is 0 Å². The van der Waals surface area contributed by atoms with E-state index >= 15 is 0 Å². The molecule has 2 rings (SSSR count). The van der Waals surface area contributed by atoms with Crippen LogP contribution in [0.25, 0.3) is 0 Å². The standard InChI is InChI=1S/C15H16BrF3N2O2/c1-13(2,3)14(23)8-11(15(17,18)19)20-21(14)12(22)9-4-6-10(16)7-5-9/h4-7,23H,8H2,1-3H3. The number of hydrogen-bond donors (Lipinski definition) is 1. The lowest BCUT2D eigenvalue weighted by Crippen LogP contribution is -2.55. The third-order valence-electron chi connectivity index (χ3n) is 3.80. The first-order valence-corrected chi connectivity index (χ1v) is 7.63. The van der Waals surface area contributed by atoms with E-state index in [-0.39, 0.29) is 5.56 Å². The van der Waals surface area contributed by atoms with Crippen LogP contribution < -0.4 is 0 Å². The van der Waals surface area contributed by atoms with Crippen LogP contribution in [0.1, 0.15) is 37.6 Å². The van der Waals surface area contributed by atoms with E-state index in [0.717, 1.165) is 4.47 Å². The molecule has 0 aliphatic carbocycles. The molecule has 126 valence electrons. The molecule has 1 atom stereocenters. The fourth-order valence-corrected chi connectivity index (χ4v) is 2.48. The average Bonchev–Trinajstić information content (AvgIpc) is 2.78. The lowest BCUT2D eigenvalue weighted by Gasteiger charge is -2.41. The molecular weight excluding hydrogens is 377 g/mol. The quantitative estimate of drug-likeness (QED) is 0.786. The Morgan fingerprint density at radius 2 is 1.78 bits per heavy atom. The zero-order valence-electron chi connectivity index (χ0n) is 12.8. The summed E-state index contributed by atoms with van der Waals surface area (Å²) in [5.41, 5.74) is -4.10. The number of hydrazone groups is 1. The van der Waals surface area contributed by atoms with E-state index in [1.54, 1.807) is 32.9 Å². The van der Waals surface area contributed by atoms with Gasteiger partial charge in [0.05, 0.1) is 0 Å². The first-order valence-electron chi connectivity index (χ1n) is 6.83. The molecule has 0 radical (unpaired) electrons. The molecule has 4 nitrogen and oxygen atoms in total. The Morgan fingerprint density at radius 3 is 2.22 bits per heavy atom. The molecule has 1 N–H and O–H groups in total. The van der Waals surface area contributed by atoms with Crippen molar-refractivity contribution in [2.75, 3.05) is 0 Å². The Balaban J connectivity index is 2.48. The molecule has 1 heterocycles. The maximum atomic E-state index is 13.0. The summed E-state index contributed by atoms with van der Waals surface area (Å²) in [5.74, 6) is -0.783. The summed E-state index contributed by atoms with van der Waals surface area (Å²) in [7, 11) is 0. The molecule has 1 aromatic carbocycles. The van der Waals surface area contributed by atoms with Gasteiger partial charge < -0.3 is 5.11 Å². The van der Waals surface area contributed by atoms with Gasteiger partial charge in [0.25, 0.3) is 5.91 Å². The fourth-order valence-electron chi connectivity index (χ4n) is 2.22. The third-order valence-corrected chi connectivity index (χ3v) is 4.33. The Hall–Kier alpha value is -1.41. The average molecular weight is 393 g/mol. The van der Waals surface area contributed by atoms with Gasteiger partial charge in [-0.05, 0) is 24.3 Å². The van der Waals surface area contributed by atoms with Crippen molar-refractivity contribution < 1.29 is 23.1 Å². The van der Waals surface area contributed by atoms with Gasteiger partial charge in [-0.25, -0.2) is 0 Å². The van der Waals surface area contributed by atoms with Crippen LogP contribution in [0.4, 0.5) is 13.2 Å². The zero-order valence-corrected chi connectivity index (χ0v) is 14.4. The minimum atomic E-state index is -4.70. The molecule has 23 heavy (non-hydrogen) atoms. The number of nitrogens with zero attached hydrogens (tertiary/aromatic N) is 2. The molecule has 0 spiro atoms. The van der Waals surface area contributed by atoms with E-state index in [9.17, 15) is 23.1 Å². The number of aliphatic hydroxyl groups is 1. The predicted octanol–water partition coefficient (Wildman–Crippen LogP) is 3.95. The monoisotopic (exact) mass is 392 g/mol. The molecule has 0 bridgehead atoms. The number of hydrogen-bond acceptors (Lipinski definition) is 3. The lowest BCUT2D eigenvalue weighted by molar-refractivity contribution is -0.144. The van der Waals surface area contributed by atoms with Crippen LogP contribution in [0.3, 0.4) is 0 Å². The summed E-state index contributed by atoms with van der Waals surface area (Å²) < 4.78 is 39.7. The van der Waals surface area contributed by atoms with Crippen LogP contribution in [0.2, 0.25) is 0 Å². The van der Waals surface area contributed by atoms with Crippen molar-refractivity contribution in [3.8, 4) is 0 Å². The highest BCUT2D eigenvalue weighted by molar-refractivity contribution is 9.10. The molecular formula is C15H16BrF3N2O2. The minimum Gasteiger partial charge on any atom is -0.368 e. The minimum absolute atomic E-state index is 0.142. The summed E-state index contributed by atoms with van der Waals surface area (Å²) in [6.45, 7) is 4.68. The second kappa shape index (κ2) is 5.59. The highest BCUT2D eigenvalue weighted by atomic mass is 79.9. The van der Waals surface area contributed by atoms with Gasteiger partial charge in [-0.15, -0.1) is 0 Å². The van der Waals surface area contributed by atoms with Gasteiger partial charge in [-0.3, -0.25) is 4.79 Å². The molecule has 1 aliphatic heterocycles. The fraction of sp³-hybridized carbons (Fsp3) is 0.467.